The van der Waals surface area contributed by atoms with Crippen LogP contribution in [0.25, 0.3) is 20.8 Å². The van der Waals surface area contributed by atoms with E-state index in [1.807, 2.05) is 31.2 Å². The van der Waals surface area contributed by atoms with Crippen molar-refractivity contribution in [1.29, 1.82) is 0 Å². The van der Waals surface area contributed by atoms with Crippen molar-refractivity contribution < 1.29 is 9.59 Å². The van der Waals surface area contributed by atoms with E-state index in [0.29, 0.717) is 0 Å². The number of carbonyl (C=O) groups excluding carboxylic acids is 2. The maximum absolute atomic E-state index is 12.8. The Kier molecular flexibility index (Phi) is 6.58. The van der Waals surface area contributed by atoms with Crippen molar-refractivity contribution in [3.8, 4) is 10.6 Å². The smallest absolute Gasteiger partial charge is 0.241 e. The lowest BCUT2D eigenvalue weighted by molar-refractivity contribution is -0.134. The lowest BCUT2D eigenvalue weighted by Crippen LogP contribution is -2.48. The summed E-state index contributed by atoms with van der Waals surface area (Å²) in [5.74, 6) is 0.228. The van der Waals surface area contributed by atoms with Crippen molar-refractivity contribution in [1.82, 2.24) is 14.8 Å². The zero-order valence-corrected chi connectivity index (χ0v) is 19.9. The molecule has 4 rings (SSSR count). The van der Waals surface area contributed by atoms with Gasteiger partial charge in [-0.3, -0.25) is 14.5 Å². The number of aromatic nitrogens is 1. The van der Waals surface area contributed by atoms with Crippen LogP contribution in [0.4, 0.5) is 5.69 Å². The molecule has 2 aromatic carbocycles. The van der Waals surface area contributed by atoms with Crippen molar-refractivity contribution in [2.45, 2.75) is 32.7 Å². The Morgan fingerprint density at radius 1 is 1.12 bits per heavy atom. The van der Waals surface area contributed by atoms with Gasteiger partial charge in [-0.15, -0.1) is 11.3 Å². The summed E-state index contributed by atoms with van der Waals surface area (Å²) in [6.07, 6.45) is 1.59. The number of amides is 2. The van der Waals surface area contributed by atoms with Crippen molar-refractivity contribution in [3.05, 3.63) is 48.0 Å². The van der Waals surface area contributed by atoms with Crippen LogP contribution in [0.2, 0.25) is 0 Å². The fourth-order valence-corrected chi connectivity index (χ4v) is 5.23. The molecule has 0 spiro atoms. The molecule has 3 aromatic rings. The number of thiazole rings is 1. The van der Waals surface area contributed by atoms with E-state index in [1.165, 1.54) is 10.3 Å². The minimum Gasteiger partial charge on any atom is -0.349 e. The highest BCUT2D eigenvalue weighted by Crippen LogP contribution is 2.31. The second-order valence-electron chi connectivity index (χ2n) is 8.78. The van der Waals surface area contributed by atoms with Gasteiger partial charge in [-0.25, -0.2) is 4.98 Å². The van der Waals surface area contributed by atoms with E-state index in [9.17, 15) is 9.59 Å². The molecule has 7 heteroatoms. The number of aryl methyl sites for hydroxylation is 1. The second kappa shape index (κ2) is 9.38. The Hall–Kier alpha value is -2.77. The molecule has 32 heavy (non-hydrogen) atoms. The van der Waals surface area contributed by atoms with E-state index in [2.05, 4.69) is 35.3 Å². The number of nitrogens with one attached hydrogen (secondary N) is 1. The molecule has 1 aliphatic rings. The van der Waals surface area contributed by atoms with Crippen molar-refractivity contribution >= 4 is 39.1 Å². The highest BCUT2D eigenvalue weighted by atomic mass is 32.1. The summed E-state index contributed by atoms with van der Waals surface area (Å²) in [5, 5.41) is 4.01. The van der Waals surface area contributed by atoms with Gasteiger partial charge in [0.25, 0.3) is 0 Å². The summed E-state index contributed by atoms with van der Waals surface area (Å²) < 4.78 is 1.18. The van der Waals surface area contributed by atoms with Crippen LogP contribution < -0.4 is 5.32 Å². The van der Waals surface area contributed by atoms with Gasteiger partial charge in [0.2, 0.25) is 11.8 Å². The average molecular weight is 451 g/mol. The largest absolute Gasteiger partial charge is 0.349 e. The van der Waals surface area contributed by atoms with E-state index in [-0.39, 0.29) is 23.8 Å². The summed E-state index contributed by atoms with van der Waals surface area (Å²) in [6, 6.07) is 13.9. The Balaban J connectivity index is 1.35. The molecule has 0 unspecified atom stereocenters. The number of carbonyl (C=O) groups is 2. The molecule has 0 saturated carbocycles. The number of rotatable bonds is 5. The molecule has 0 bridgehead atoms. The molecule has 2 amide bonds. The van der Waals surface area contributed by atoms with E-state index >= 15 is 0 Å². The van der Waals surface area contributed by atoms with Crippen LogP contribution in [0, 0.1) is 12.8 Å². The minimum atomic E-state index is -0.238. The number of nitrogens with zero attached hydrogens (tertiary/aromatic N) is 3. The molecule has 6 nitrogen and oxygen atoms in total. The summed E-state index contributed by atoms with van der Waals surface area (Å²) in [6.45, 7) is 5.54. The zero-order valence-electron chi connectivity index (χ0n) is 19.1. The first kappa shape index (κ1) is 22.4. The maximum atomic E-state index is 12.8. The standard InChI is InChI=1S/C25H30N4O2S/c1-16-5-10-21-22(15-16)32-24(27-21)18-6-8-20(9-7-18)26-23(30)17(2)29-13-11-19(12-14-29)25(31)28(3)4/h5-10,15,17,19H,11-14H2,1-4H3,(H,26,30)/t17-/m1/s1. The van der Waals surface area contributed by atoms with Gasteiger partial charge in [0, 0.05) is 31.3 Å². The molecule has 2 heterocycles. The van der Waals surface area contributed by atoms with Gasteiger partial charge in [-0.2, -0.15) is 0 Å². The highest BCUT2D eigenvalue weighted by molar-refractivity contribution is 7.21. The van der Waals surface area contributed by atoms with Gasteiger partial charge < -0.3 is 10.2 Å². The molecule has 1 saturated heterocycles. The first-order valence-corrected chi connectivity index (χ1v) is 11.9. The second-order valence-corrected chi connectivity index (χ2v) is 9.81. The number of likely N-dealkylation sites (tertiary alicyclic amines) is 1. The monoisotopic (exact) mass is 450 g/mol. The Labute approximate surface area is 193 Å². The van der Waals surface area contributed by atoms with Crippen LogP contribution >= 0.6 is 11.3 Å². The third-order valence-corrected chi connectivity index (χ3v) is 7.26. The van der Waals surface area contributed by atoms with E-state index in [4.69, 9.17) is 4.98 Å². The van der Waals surface area contributed by atoms with Gasteiger partial charge >= 0.3 is 0 Å². The van der Waals surface area contributed by atoms with Crippen LogP contribution in [0.3, 0.4) is 0 Å². The summed E-state index contributed by atoms with van der Waals surface area (Å²) in [4.78, 5) is 33.5. The lowest BCUT2D eigenvalue weighted by atomic mass is 9.94. The zero-order chi connectivity index (χ0) is 22.8. The van der Waals surface area contributed by atoms with Crippen LogP contribution in [0.5, 0.6) is 0 Å². The van der Waals surface area contributed by atoms with E-state index < -0.39 is 0 Å². The number of hydrogen-bond donors (Lipinski definition) is 1. The normalized spacial score (nSPS) is 16.1. The molecule has 1 aromatic heterocycles. The number of fused-ring (bicyclic) bond motifs is 1. The summed E-state index contributed by atoms with van der Waals surface area (Å²) >= 11 is 1.68. The molecule has 0 aliphatic carbocycles. The molecule has 1 fully saturated rings. The number of benzene rings is 2. The topological polar surface area (TPSA) is 65.5 Å². The molecular weight excluding hydrogens is 420 g/mol. The van der Waals surface area contributed by atoms with Gasteiger partial charge in [-0.1, -0.05) is 6.07 Å². The van der Waals surface area contributed by atoms with Gasteiger partial charge in [0.1, 0.15) is 5.01 Å². The molecule has 0 radical (unpaired) electrons. The SMILES string of the molecule is Cc1ccc2nc(-c3ccc(NC(=O)[C@@H](C)N4CCC(C(=O)N(C)C)CC4)cc3)sc2c1. The molecule has 168 valence electrons. The average Bonchev–Trinajstić information content (AvgIpc) is 3.21. The lowest BCUT2D eigenvalue weighted by Gasteiger charge is -2.35. The number of anilines is 1. The van der Waals surface area contributed by atoms with Crippen LogP contribution in [0.15, 0.2) is 42.5 Å². The molecule has 1 aliphatic heterocycles. The predicted molar refractivity (Wildman–Crippen MR) is 131 cm³/mol. The maximum Gasteiger partial charge on any atom is 0.241 e. The van der Waals surface area contributed by atoms with Gasteiger partial charge in [0.15, 0.2) is 0 Å². The van der Waals surface area contributed by atoms with Crippen molar-refractivity contribution in [2.24, 2.45) is 5.92 Å². The molecule has 1 atom stereocenters. The Bertz CT molecular complexity index is 1110. The predicted octanol–water partition coefficient (Wildman–Crippen LogP) is 4.40. The molecular formula is C25H30N4O2S. The van der Waals surface area contributed by atoms with Crippen LogP contribution in [-0.2, 0) is 9.59 Å². The summed E-state index contributed by atoms with van der Waals surface area (Å²) in [7, 11) is 3.60. The van der Waals surface area contributed by atoms with Gasteiger partial charge in [0.05, 0.1) is 16.3 Å². The third-order valence-electron chi connectivity index (χ3n) is 6.19. The number of piperidine rings is 1. The Morgan fingerprint density at radius 3 is 2.47 bits per heavy atom. The van der Waals surface area contributed by atoms with Crippen molar-refractivity contribution in [2.75, 3.05) is 32.5 Å². The quantitative estimate of drug-likeness (QED) is 0.626. The Morgan fingerprint density at radius 2 is 1.81 bits per heavy atom. The van der Waals surface area contributed by atoms with E-state index in [1.54, 1.807) is 30.3 Å². The van der Waals surface area contributed by atoms with Crippen LogP contribution in [-0.4, -0.2) is 59.8 Å². The summed E-state index contributed by atoms with van der Waals surface area (Å²) in [5.41, 5.74) is 4.06. The van der Waals surface area contributed by atoms with Gasteiger partial charge in [-0.05, 0) is 81.7 Å². The molecule has 1 N–H and O–H groups in total. The first-order valence-electron chi connectivity index (χ1n) is 11.1. The first-order chi connectivity index (χ1) is 15.3. The minimum absolute atomic E-state index is 0.0226. The number of hydrogen-bond acceptors (Lipinski definition) is 5. The van der Waals surface area contributed by atoms with E-state index in [0.717, 1.165) is 47.7 Å². The van der Waals surface area contributed by atoms with Crippen molar-refractivity contribution in [3.63, 3.8) is 0 Å². The highest BCUT2D eigenvalue weighted by Gasteiger charge is 2.30. The fourth-order valence-electron chi connectivity index (χ4n) is 4.16. The van der Waals surface area contributed by atoms with Crippen LogP contribution in [0.1, 0.15) is 25.3 Å². The fraction of sp³-hybridized carbons (Fsp3) is 0.400. The third kappa shape index (κ3) is 4.84.